The second-order valence-electron chi connectivity index (χ2n) is 8.67. The van der Waals surface area contributed by atoms with Crippen LogP contribution in [0, 0.1) is 19.8 Å². The third kappa shape index (κ3) is 4.04. The number of carbonyl (C=O) groups excluding carboxylic acids is 2. The van der Waals surface area contributed by atoms with E-state index in [1.165, 1.54) is 0 Å². The Hall–Kier alpha value is -3.80. The molecule has 4 aromatic rings. The maximum absolute atomic E-state index is 13.6. The molecule has 33 heavy (non-hydrogen) atoms. The van der Waals surface area contributed by atoms with Crippen LogP contribution in [0.15, 0.2) is 65.2 Å². The normalized spacial score (nSPS) is 14.5. The summed E-state index contributed by atoms with van der Waals surface area (Å²) in [6, 6.07) is 19.3. The molecule has 1 amide bonds. The van der Waals surface area contributed by atoms with Gasteiger partial charge in [-0.05, 0) is 32.8 Å². The first-order valence-corrected chi connectivity index (χ1v) is 11.2. The van der Waals surface area contributed by atoms with Gasteiger partial charge in [0.1, 0.15) is 0 Å². The lowest BCUT2D eigenvalue weighted by molar-refractivity contribution is 0.0652. The summed E-state index contributed by atoms with van der Waals surface area (Å²) in [5, 5.41) is 4.69. The second-order valence-corrected chi connectivity index (χ2v) is 8.67. The molecule has 0 atom stereocenters. The van der Waals surface area contributed by atoms with Crippen LogP contribution in [-0.2, 0) is 0 Å². The Bertz CT molecular complexity index is 1320. The summed E-state index contributed by atoms with van der Waals surface area (Å²) in [6.45, 7) is 4.90. The lowest BCUT2D eigenvalue weighted by Crippen LogP contribution is -2.40. The zero-order chi connectivity index (χ0) is 22.9. The van der Waals surface area contributed by atoms with Gasteiger partial charge in [-0.25, -0.2) is 4.98 Å². The summed E-state index contributed by atoms with van der Waals surface area (Å²) in [5.74, 6) is 0.0215. The number of hydrogen-bond acceptors (Lipinski definition) is 5. The maximum Gasteiger partial charge on any atom is 0.259 e. The highest BCUT2D eigenvalue weighted by molar-refractivity contribution is 6.07. The van der Waals surface area contributed by atoms with E-state index in [1.54, 1.807) is 0 Å². The van der Waals surface area contributed by atoms with E-state index in [2.05, 4.69) is 10.1 Å². The van der Waals surface area contributed by atoms with Crippen LogP contribution in [0.3, 0.4) is 0 Å². The largest absolute Gasteiger partial charge is 0.339 e. The molecule has 0 saturated carbocycles. The molecule has 6 nitrogen and oxygen atoms in total. The van der Waals surface area contributed by atoms with Crippen LogP contribution >= 0.6 is 0 Å². The number of amides is 1. The van der Waals surface area contributed by atoms with Crippen molar-refractivity contribution in [3.63, 3.8) is 0 Å². The molecule has 5 rings (SSSR count). The van der Waals surface area contributed by atoms with Crippen molar-refractivity contribution < 1.29 is 14.1 Å². The van der Waals surface area contributed by atoms with E-state index in [0.717, 1.165) is 16.7 Å². The number of aromatic nitrogens is 2. The molecule has 2 aromatic carbocycles. The number of carbonyl (C=O) groups is 2. The molecule has 2 aromatic heterocycles. The first-order valence-electron chi connectivity index (χ1n) is 11.2. The summed E-state index contributed by atoms with van der Waals surface area (Å²) < 4.78 is 5.42. The van der Waals surface area contributed by atoms with E-state index in [4.69, 9.17) is 4.52 Å². The van der Waals surface area contributed by atoms with E-state index in [1.807, 2.05) is 79.4 Å². The van der Waals surface area contributed by atoms with Crippen LogP contribution in [0.2, 0.25) is 0 Å². The van der Waals surface area contributed by atoms with Crippen molar-refractivity contribution in [1.82, 2.24) is 15.0 Å². The highest BCUT2D eigenvalue weighted by atomic mass is 16.5. The van der Waals surface area contributed by atoms with Crippen molar-refractivity contribution in [3.05, 3.63) is 83.0 Å². The monoisotopic (exact) mass is 439 g/mol. The third-order valence-electron chi connectivity index (χ3n) is 6.41. The SMILES string of the molecule is Cc1ccc(C(=O)C2CCN(C(=O)c3cc(-c4ccccc4)nc4onc(C)c34)CC2)cc1. The fraction of sp³-hybridized carbons (Fsp3) is 0.259. The smallest absolute Gasteiger partial charge is 0.259 e. The van der Waals surface area contributed by atoms with Crippen LogP contribution in [0.25, 0.3) is 22.4 Å². The highest BCUT2D eigenvalue weighted by Gasteiger charge is 2.30. The minimum Gasteiger partial charge on any atom is -0.339 e. The van der Waals surface area contributed by atoms with Gasteiger partial charge in [-0.15, -0.1) is 0 Å². The molecular weight excluding hydrogens is 414 g/mol. The molecule has 1 saturated heterocycles. The quantitative estimate of drug-likeness (QED) is 0.406. The van der Waals surface area contributed by atoms with Gasteiger partial charge in [-0.2, -0.15) is 0 Å². The number of hydrogen-bond donors (Lipinski definition) is 0. The average molecular weight is 440 g/mol. The predicted molar refractivity (Wildman–Crippen MR) is 126 cm³/mol. The Kier molecular flexibility index (Phi) is 5.50. The Morgan fingerprint density at radius 1 is 0.970 bits per heavy atom. The van der Waals surface area contributed by atoms with E-state index >= 15 is 0 Å². The van der Waals surface area contributed by atoms with Gasteiger partial charge in [0.2, 0.25) is 0 Å². The number of likely N-dealkylation sites (tertiary alicyclic amines) is 1. The molecule has 1 aliphatic rings. The first kappa shape index (κ1) is 21.1. The number of nitrogens with zero attached hydrogens (tertiary/aromatic N) is 3. The van der Waals surface area contributed by atoms with Gasteiger partial charge in [-0.3, -0.25) is 9.59 Å². The zero-order valence-electron chi connectivity index (χ0n) is 18.7. The van der Waals surface area contributed by atoms with Gasteiger partial charge in [0.25, 0.3) is 11.6 Å². The molecule has 166 valence electrons. The number of aryl methyl sites for hydroxylation is 2. The number of rotatable bonds is 4. The van der Waals surface area contributed by atoms with Crippen molar-refractivity contribution in [1.29, 1.82) is 0 Å². The van der Waals surface area contributed by atoms with Crippen molar-refractivity contribution in [3.8, 4) is 11.3 Å². The number of benzene rings is 2. The molecule has 0 bridgehead atoms. The highest BCUT2D eigenvalue weighted by Crippen LogP contribution is 2.30. The van der Waals surface area contributed by atoms with Crippen LogP contribution in [0.5, 0.6) is 0 Å². The Balaban J connectivity index is 1.39. The molecule has 0 spiro atoms. The maximum atomic E-state index is 13.6. The van der Waals surface area contributed by atoms with E-state index < -0.39 is 0 Å². The van der Waals surface area contributed by atoms with Crippen LogP contribution < -0.4 is 0 Å². The topological polar surface area (TPSA) is 76.3 Å². The second kappa shape index (κ2) is 8.62. The van der Waals surface area contributed by atoms with Crippen LogP contribution in [0.4, 0.5) is 0 Å². The average Bonchev–Trinajstić information content (AvgIpc) is 3.24. The van der Waals surface area contributed by atoms with Gasteiger partial charge in [0.05, 0.1) is 22.3 Å². The first-order chi connectivity index (χ1) is 16.0. The predicted octanol–water partition coefficient (Wildman–Crippen LogP) is 5.24. The van der Waals surface area contributed by atoms with Crippen molar-refractivity contribution in [2.24, 2.45) is 5.92 Å². The Labute approximate surface area is 192 Å². The van der Waals surface area contributed by atoms with Gasteiger partial charge < -0.3 is 9.42 Å². The number of pyridine rings is 1. The van der Waals surface area contributed by atoms with E-state index in [9.17, 15) is 9.59 Å². The summed E-state index contributed by atoms with van der Waals surface area (Å²) >= 11 is 0. The van der Waals surface area contributed by atoms with Gasteiger partial charge in [0.15, 0.2) is 5.78 Å². The molecule has 0 radical (unpaired) electrons. The van der Waals surface area contributed by atoms with Crippen molar-refractivity contribution >= 4 is 22.8 Å². The van der Waals surface area contributed by atoms with Gasteiger partial charge >= 0.3 is 0 Å². The standard InChI is InChI=1S/C27H25N3O3/c1-17-8-10-20(11-9-17)25(31)21-12-14-30(15-13-21)27(32)22-16-23(19-6-4-3-5-7-19)28-26-24(22)18(2)29-33-26/h3-11,16,21H,12-15H2,1-2H3. The zero-order valence-corrected chi connectivity index (χ0v) is 18.7. The molecule has 3 heterocycles. The summed E-state index contributed by atoms with van der Waals surface area (Å²) in [7, 11) is 0. The lowest BCUT2D eigenvalue weighted by Gasteiger charge is -2.31. The number of Topliss-reactive ketones (excluding diaryl/α,β-unsaturated/α-hetero) is 1. The minimum absolute atomic E-state index is 0.0635. The molecule has 1 aliphatic heterocycles. The fourth-order valence-electron chi connectivity index (χ4n) is 4.49. The Morgan fingerprint density at radius 3 is 2.36 bits per heavy atom. The van der Waals surface area contributed by atoms with Crippen molar-refractivity contribution in [2.45, 2.75) is 26.7 Å². The summed E-state index contributed by atoms with van der Waals surface area (Å²) in [5.41, 5.74) is 5.01. The number of ketones is 1. The molecule has 0 unspecified atom stereocenters. The van der Waals surface area contributed by atoms with E-state index in [0.29, 0.717) is 54.0 Å². The Morgan fingerprint density at radius 2 is 1.67 bits per heavy atom. The molecule has 0 N–H and O–H groups in total. The van der Waals surface area contributed by atoms with Crippen LogP contribution in [-0.4, -0.2) is 39.8 Å². The summed E-state index contributed by atoms with van der Waals surface area (Å²) in [6.07, 6.45) is 1.31. The van der Waals surface area contributed by atoms with Crippen LogP contribution in [0.1, 0.15) is 44.8 Å². The molecule has 1 fully saturated rings. The molecular formula is C27H25N3O3. The van der Waals surface area contributed by atoms with Crippen molar-refractivity contribution in [2.75, 3.05) is 13.1 Å². The summed E-state index contributed by atoms with van der Waals surface area (Å²) in [4.78, 5) is 32.9. The molecule has 0 aliphatic carbocycles. The molecule has 6 heteroatoms. The lowest BCUT2D eigenvalue weighted by atomic mass is 9.88. The fourth-order valence-corrected chi connectivity index (χ4v) is 4.49. The van der Waals surface area contributed by atoms with Gasteiger partial charge in [0, 0.05) is 30.1 Å². The van der Waals surface area contributed by atoms with Gasteiger partial charge in [-0.1, -0.05) is 65.3 Å². The minimum atomic E-state index is -0.0767. The third-order valence-corrected chi connectivity index (χ3v) is 6.41. The van der Waals surface area contributed by atoms with E-state index in [-0.39, 0.29) is 17.6 Å². The number of piperidine rings is 1. The number of fused-ring (bicyclic) bond motifs is 1.